The highest BCUT2D eigenvalue weighted by molar-refractivity contribution is 5.99. The zero-order valence-corrected chi connectivity index (χ0v) is 11.2. The van der Waals surface area contributed by atoms with Crippen molar-refractivity contribution in [3.63, 3.8) is 0 Å². The molecule has 0 N–H and O–H groups in total. The second-order valence-corrected chi connectivity index (χ2v) is 5.60. The van der Waals surface area contributed by atoms with Crippen molar-refractivity contribution in [2.75, 3.05) is 13.1 Å². The van der Waals surface area contributed by atoms with E-state index in [1.807, 2.05) is 45.0 Å². The monoisotopic (exact) mass is 245 g/mol. The molecule has 0 aliphatic carbocycles. The maximum absolute atomic E-state index is 12.4. The van der Waals surface area contributed by atoms with Crippen LogP contribution in [0.2, 0.25) is 0 Å². The lowest BCUT2D eigenvalue weighted by atomic mass is 9.81. The summed E-state index contributed by atoms with van der Waals surface area (Å²) >= 11 is 0. The first kappa shape index (κ1) is 12.8. The van der Waals surface area contributed by atoms with Crippen LogP contribution in [0.15, 0.2) is 24.3 Å². The molecule has 1 fully saturated rings. The van der Waals surface area contributed by atoms with E-state index in [1.54, 1.807) is 4.90 Å². The van der Waals surface area contributed by atoms with Crippen molar-refractivity contribution in [3.8, 4) is 0 Å². The first-order valence-electron chi connectivity index (χ1n) is 6.30. The van der Waals surface area contributed by atoms with Gasteiger partial charge in [0.05, 0.1) is 6.54 Å². The van der Waals surface area contributed by atoms with Gasteiger partial charge in [-0.2, -0.15) is 0 Å². The van der Waals surface area contributed by atoms with Crippen molar-refractivity contribution in [1.82, 2.24) is 4.90 Å². The van der Waals surface area contributed by atoms with Gasteiger partial charge in [-0.25, -0.2) is 0 Å². The van der Waals surface area contributed by atoms with Crippen molar-refractivity contribution >= 4 is 11.7 Å². The lowest BCUT2D eigenvalue weighted by molar-refractivity contribution is -0.130. The second kappa shape index (κ2) is 4.56. The van der Waals surface area contributed by atoms with Gasteiger partial charge in [0.1, 0.15) is 0 Å². The Balaban J connectivity index is 2.17. The van der Waals surface area contributed by atoms with Gasteiger partial charge in [0.15, 0.2) is 5.78 Å². The molecule has 1 aromatic rings. The smallest absolute Gasteiger partial charge is 0.254 e. The first-order valence-corrected chi connectivity index (χ1v) is 6.30. The van der Waals surface area contributed by atoms with Gasteiger partial charge < -0.3 is 4.90 Å². The summed E-state index contributed by atoms with van der Waals surface area (Å²) in [4.78, 5) is 26.0. The zero-order chi connectivity index (χ0) is 13.3. The third kappa shape index (κ3) is 2.30. The number of carbonyl (C=O) groups excluding carboxylic acids is 2. The van der Waals surface area contributed by atoms with E-state index in [0.29, 0.717) is 12.1 Å². The standard InChI is InChI=1S/C15H19NO2/c1-11-6-4-5-7-12(11)14(18)16-9-8-15(2,3)13(17)10-16/h4-7H,8-10H2,1-3H3. The molecule has 0 saturated carbocycles. The van der Waals surface area contributed by atoms with Crippen molar-refractivity contribution in [2.45, 2.75) is 27.2 Å². The number of rotatable bonds is 1. The van der Waals surface area contributed by atoms with Crippen LogP contribution in [-0.4, -0.2) is 29.7 Å². The van der Waals surface area contributed by atoms with Gasteiger partial charge in [-0.1, -0.05) is 32.0 Å². The van der Waals surface area contributed by atoms with Crippen LogP contribution in [-0.2, 0) is 4.79 Å². The minimum atomic E-state index is -0.289. The summed E-state index contributed by atoms with van der Waals surface area (Å²) in [7, 11) is 0. The Morgan fingerprint density at radius 1 is 1.28 bits per heavy atom. The van der Waals surface area contributed by atoms with Gasteiger partial charge in [-0.05, 0) is 25.0 Å². The molecule has 96 valence electrons. The Bertz CT molecular complexity index is 491. The molecule has 0 aromatic heterocycles. The number of hydrogen-bond donors (Lipinski definition) is 0. The van der Waals surface area contributed by atoms with E-state index in [9.17, 15) is 9.59 Å². The fourth-order valence-electron chi connectivity index (χ4n) is 2.18. The topological polar surface area (TPSA) is 37.4 Å². The van der Waals surface area contributed by atoms with E-state index < -0.39 is 0 Å². The predicted molar refractivity (Wildman–Crippen MR) is 70.5 cm³/mol. The van der Waals surface area contributed by atoms with Crippen LogP contribution in [0.3, 0.4) is 0 Å². The Kier molecular flexibility index (Phi) is 3.24. The van der Waals surface area contributed by atoms with Crippen LogP contribution < -0.4 is 0 Å². The van der Waals surface area contributed by atoms with Crippen LogP contribution >= 0.6 is 0 Å². The number of nitrogens with zero attached hydrogens (tertiary/aromatic N) is 1. The molecule has 1 aromatic carbocycles. The van der Waals surface area contributed by atoms with Crippen molar-refractivity contribution in [1.29, 1.82) is 0 Å². The first-order chi connectivity index (χ1) is 8.42. The lowest BCUT2D eigenvalue weighted by Crippen LogP contribution is -2.47. The number of ketones is 1. The summed E-state index contributed by atoms with van der Waals surface area (Å²) < 4.78 is 0. The van der Waals surface area contributed by atoms with Crippen LogP contribution in [0.4, 0.5) is 0 Å². The third-order valence-corrected chi connectivity index (χ3v) is 3.76. The van der Waals surface area contributed by atoms with Crippen LogP contribution in [0.5, 0.6) is 0 Å². The molecule has 1 heterocycles. The van der Waals surface area contributed by atoms with E-state index in [2.05, 4.69) is 0 Å². The number of likely N-dealkylation sites (tertiary alicyclic amines) is 1. The molecule has 1 amide bonds. The minimum absolute atomic E-state index is 0.0306. The van der Waals surface area contributed by atoms with Crippen LogP contribution in [0.1, 0.15) is 36.2 Å². The molecule has 0 spiro atoms. The number of aryl methyl sites for hydroxylation is 1. The molecule has 2 rings (SSSR count). The van der Waals surface area contributed by atoms with Gasteiger partial charge in [0, 0.05) is 17.5 Å². The quantitative estimate of drug-likeness (QED) is 0.762. The SMILES string of the molecule is Cc1ccccc1C(=O)N1CCC(C)(C)C(=O)C1. The minimum Gasteiger partial charge on any atom is -0.331 e. The molecule has 0 unspecified atom stereocenters. The molecule has 1 saturated heterocycles. The van der Waals surface area contributed by atoms with E-state index in [0.717, 1.165) is 12.0 Å². The predicted octanol–water partition coefficient (Wildman–Crippen LogP) is 2.44. The Morgan fingerprint density at radius 2 is 1.94 bits per heavy atom. The highest BCUT2D eigenvalue weighted by Crippen LogP contribution is 2.27. The normalized spacial score (nSPS) is 18.8. The fraction of sp³-hybridized carbons (Fsp3) is 0.467. The Hall–Kier alpha value is -1.64. The summed E-state index contributed by atoms with van der Waals surface area (Å²) in [6.45, 7) is 6.71. The molecule has 1 aliphatic rings. The maximum atomic E-state index is 12.4. The van der Waals surface area contributed by atoms with Crippen LogP contribution in [0.25, 0.3) is 0 Å². The third-order valence-electron chi connectivity index (χ3n) is 3.76. The highest BCUT2D eigenvalue weighted by atomic mass is 16.2. The zero-order valence-electron chi connectivity index (χ0n) is 11.2. The van der Waals surface area contributed by atoms with Crippen molar-refractivity contribution in [2.24, 2.45) is 5.41 Å². The molecule has 18 heavy (non-hydrogen) atoms. The lowest BCUT2D eigenvalue weighted by Gasteiger charge is -2.35. The summed E-state index contributed by atoms with van der Waals surface area (Å²) in [6, 6.07) is 7.51. The fourth-order valence-corrected chi connectivity index (χ4v) is 2.18. The molecule has 3 nitrogen and oxygen atoms in total. The summed E-state index contributed by atoms with van der Waals surface area (Å²) in [5, 5.41) is 0. The molecule has 3 heteroatoms. The maximum Gasteiger partial charge on any atom is 0.254 e. The molecule has 0 bridgehead atoms. The highest BCUT2D eigenvalue weighted by Gasteiger charge is 2.35. The summed E-state index contributed by atoms with van der Waals surface area (Å²) in [5.41, 5.74) is 1.37. The Labute approximate surface area is 108 Å². The average Bonchev–Trinajstić information content (AvgIpc) is 2.32. The average molecular weight is 245 g/mol. The van der Waals surface area contributed by atoms with Crippen LogP contribution in [0, 0.1) is 12.3 Å². The van der Waals surface area contributed by atoms with E-state index in [-0.39, 0.29) is 23.7 Å². The molecule has 0 radical (unpaired) electrons. The van der Waals surface area contributed by atoms with Gasteiger partial charge in [0.2, 0.25) is 0 Å². The van der Waals surface area contributed by atoms with E-state index >= 15 is 0 Å². The number of benzene rings is 1. The van der Waals surface area contributed by atoms with Crippen molar-refractivity contribution < 1.29 is 9.59 Å². The Morgan fingerprint density at radius 3 is 2.56 bits per heavy atom. The van der Waals surface area contributed by atoms with E-state index in [1.165, 1.54) is 0 Å². The van der Waals surface area contributed by atoms with Gasteiger partial charge in [0.25, 0.3) is 5.91 Å². The van der Waals surface area contributed by atoms with Gasteiger partial charge in [-0.15, -0.1) is 0 Å². The number of hydrogen-bond acceptors (Lipinski definition) is 2. The number of carbonyl (C=O) groups is 2. The van der Waals surface area contributed by atoms with Crippen molar-refractivity contribution in [3.05, 3.63) is 35.4 Å². The number of Topliss-reactive ketones (excluding diaryl/α,β-unsaturated/α-hetero) is 1. The molecule has 0 atom stereocenters. The number of amides is 1. The molecule has 1 aliphatic heterocycles. The number of piperidine rings is 1. The van der Waals surface area contributed by atoms with Gasteiger partial charge >= 0.3 is 0 Å². The summed E-state index contributed by atoms with van der Waals surface area (Å²) in [5.74, 6) is 0.118. The van der Waals surface area contributed by atoms with E-state index in [4.69, 9.17) is 0 Å². The molecular formula is C15H19NO2. The molecular weight excluding hydrogens is 226 g/mol. The summed E-state index contributed by atoms with van der Waals surface area (Å²) in [6.07, 6.45) is 0.740. The largest absolute Gasteiger partial charge is 0.331 e. The second-order valence-electron chi connectivity index (χ2n) is 5.60. The van der Waals surface area contributed by atoms with Gasteiger partial charge in [-0.3, -0.25) is 9.59 Å².